The first kappa shape index (κ1) is 14.3. The fourth-order valence-electron chi connectivity index (χ4n) is 2.27. The summed E-state index contributed by atoms with van der Waals surface area (Å²) in [5.74, 6) is 0.404. The Bertz CT molecular complexity index is 515. The summed E-state index contributed by atoms with van der Waals surface area (Å²) in [7, 11) is -0.471. The van der Waals surface area contributed by atoms with Gasteiger partial charge in [-0.1, -0.05) is 17.7 Å². The highest BCUT2D eigenvalue weighted by molar-refractivity contribution is 6.65. The van der Waals surface area contributed by atoms with E-state index in [1.54, 1.807) is 0 Å². The lowest BCUT2D eigenvalue weighted by Gasteiger charge is -2.32. The highest BCUT2D eigenvalue weighted by Crippen LogP contribution is 2.37. The largest absolute Gasteiger partial charge is 0.498 e. The van der Waals surface area contributed by atoms with Crippen molar-refractivity contribution < 1.29 is 14.0 Å². The van der Waals surface area contributed by atoms with Gasteiger partial charge in [0.1, 0.15) is 5.15 Å². The lowest BCUT2D eigenvalue weighted by Crippen LogP contribution is -2.41. The Labute approximate surface area is 124 Å². The third-order valence-corrected chi connectivity index (χ3v) is 4.82. The van der Waals surface area contributed by atoms with E-state index in [0.717, 1.165) is 24.2 Å². The van der Waals surface area contributed by atoms with Crippen LogP contribution in [0.25, 0.3) is 0 Å². The van der Waals surface area contributed by atoms with Crippen LogP contribution in [0.2, 0.25) is 5.15 Å². The lowest BCUT2D eigenvalue weighted by molar-refractivity contribution is 0.00578. The molecule has 0 aromatic carbocycles. The molecule has 3 rings (SSSR count). The van der Waals surface area contributed by atoms with Crippen LogP contribution in [-0.4, -0.2) is 36.5 Å². The number of ether oxygens (including phenoxy) is 1. The van der Waals surface area contributed by atoms with Crippen LogP contribution < -0.4 is 5.46 Å². The van der Waals surface area contributed by atoms with Gasteiger partial charge in [0.2, 0.25) is 0 Å². The molecule has 0 atom stereocenters. The van der Waals surface area contributed by atoms with Crippen molar-refractivity contribution >= 4 is 24.2 Å². The van der Waals surface area contributed by atoms with Gasteiger partial charge in [0.05, 0.1) is 24.4 Å². The van der Waals surface area contributed by atoms with Crippen molar-refractivity contribution in [3.05, 3.63) is 23.0 Å². The molecule has 4 nitrogen and oxygen atoms in total. The van der Waals surface area contributed by atoms with Crippen molar-refractivity contribution in [3.8, 4) is 0 Å². The van der Waals surface area contributed by atoms with Crippen LogP contribution in [0.1, 0.15) is 39.2 Å². The average molecular weight is 296 g/mol. The number of nitrogens with zero attached hydrogens (tertiary/aromatic N) is 1. The summed E-state index contributed by atoms with van der Waals surface area (Å²) >= 11 is 6.23. The molecule has 1 aromatic heterocycles. The quantitative estimate of drug-likeness (QED) is 0.619. The van der Waals surface area contributed by atoms with Gasteiger partial charge in [-0.2, -0.15) is 0 Å². The van der Waals surface area contributed by atoms with Gasteiger partial charge in [0, 0.05) is 17.6 Å². The maximum atomic E-state index is 6.23. The molecular formula is C14H19BClNO3. The standard InChI is InChI=1S/C14H19BClNO3/c1-13(2)14(3,4)20-15(19-13)11-5-9(6-17-12(11)16)10-7-18-8-10/h5-6,10H,7-8H2,1-4H3. The predicted molar refractivity (Wildman–Crippen MR) is 78.5 cm³/mol. The molecule has 1 aromatic rings. The van der Waals surface area contributed by atoms with E-state index in [-0.39, 0.29) is 11.2 Å². The Kier molecular flexibility index (Phi) is 3.37. The first-order valence-corrected chi connectivity index (χ1v) is 7.27. The molecule has 3 heterocycles. The normalized spacial score (nSPS) is 24.8. The molecule has 0 bridgehead atoms. The van der Waals surface area contributed by atoms with Gasteiger partial charge in [-0.05, 0) is 33.3 Å². The predicted octanol–water partition coefficient (Wildman–Crippen LogP) is 2.15. The van der Waals surface area contributed by atoms with Gasteiger partial charge in [-0.15, -0.1) is 0 Å². The Morgan fingerprint density at radius 3 is 2.30 bits per heavy atom. The maximum Gasteiger partial charge on any atom is 0.498 e. The molecule has 2 aliphatic heterocycles. The van der Waals surface area contributed by atoms with E-state index in [2.05, 4.69) is 4.98 Å². The van der Waals surface area contributed by atoms with Crippen LogP contribution in [0.5, 0.6) is 0 Å². The number of hydrogen-bond acceptors (Lipinski definition) is 4. The number of aromatic nitrogens is 1. The van der Waals surface area contributed by atoms with Crippen molar-refractivity contribution in [1.82, 2.24) is 4.98 Å². The van der Waals surface area contributed by atoms with Crippen molar-refractivity contribution in [2.45, 2.75) is 44.8 Å². The Morgan fingerprint density at radius 2 is 1.80 bits per heavy atom. The molecule has 0 spiro atoms. The molecule has 2 saturated heterocycles. The number of pyridine rings is 1. The van der Waals surface area contributed by atoms with Crippen molar-refractivity contribution in [2.75, 3.05) is 13.2 Å². The molecule has 2 fully saturated rings. The fourth-order valence-corrected chi connectivity index (χ4v) is 2.46. The van der Waals surface area contributed by atoms with Crippen LogP contribution >= 0.6 is 11.6 Å². The SMILES string of the molecule is CC1(C)OB(c2cc(C3COC3)cnc2Cl)OC1(C)C. The van der Waals surface area contributed by atoms with Gasteiger partial charge in [0.15, 0.2) is 0 Å². The number of rotatable bonds is 2. The fraction of sp³-hybridized carbons (Fsp3) is 0.643. The first-order chi connectivity index (χ1) is 9.30. The summed E-state index contributed by atoms with van der Waals surface area (Å²) in [4.78, 5) is 4.27. The highest BCUT2D eigenvalue weighted by Gasteiger charge is 2.52. The van der Waals surface area contributed by atoms with E-state index in [4.69, 9.17) is 25.6 Å². The number of hydrogen-bond donors (Lipinski definition) is 0. The zero-order chi connectivity index (χ0) is 14.5. The van der Waals surface area contributed by atoms with Crippen molar-refractivity contribution in [3.63, 3.8) is 0 Å². The molecule has 108 valence electrons. The first-order valence-electron chi connectivity index (χ1n) is 6.89. The molecule has 0 radical (unpaired) electrons. The van der Waals surface area contributed by atoms with Gasteiger partial charge < -0.3 is 14.0 Å². The molecule has 20 heavy (non-hydrogen) atoms. The second-order valence-corrected chi connectivity index (χ2v) is 6.83. The minimum Gasteiger partial charge on any atom is -0.399 e. The average Bonchev–Trinajstić information content (AvgIpc) is 2.48. The van der Waals surface area contributed by atoms with Gasteiger partial charge >= 0.3 is 7.12 Å². The second kappa shape index (κ2) is 4.70. The summed E-state index contributed by atoms with van der Waals surface area (Å²) in [6.07, 6.45) is 1.81. The van der Waals surface area contributed by atoms with Gasteiger partial charge in [-0.25, -0.2) is 4.98 Å². The Morgan fingerprint density at radius 1 is 1.20 bits per heavy atom. The summed E-state index contributed by atoms with van der Waals surface area (Å²) in [5.41, 5.74) is 1.17. The van der Waals surface area contributed by atoms with E-state index >= 15 is 0 Å². The van der Waals surface area contributed by atoms with E-state index < -0.39 is 7.12 Å². The van der Waals surface area contributed by atoms with Crippen molar-refractivity contribution in [1.29, 1.82) is 0 Å². The van der Waals surface area contributed by atoms with Crippen LogP contribution in [0, 0.1) is 0 Å². The number of halogens is 1. The molecule has 6 heteroatoms. The molecule has 0 saturated carbocycles. The monoisotopic (exact) mass is 295 g/mol. The third-order valence-electron chi connectivity index (χ3n) is 4.50. The van der Waals surface area contributed by atoms with Crippen molar-refractivity contribution in [2.24, 2.45) is 0 Å². The lowest BCUT2D eigenvalue weighted by atomic mass is 9.78. The van der Waals surface area contributed by atoms with Crippen LogP contribution in [0.3, 0.4) is 0 Å². The highest BCUT2D eigenvalue weighted by atomic mass is 35.5. The van der Waals surface area contributed by atoms with E-state index in [0.29, 0.717) is 11.1 Å². The summed E-state index contributed by atoms with van der Waals surface area (Å²) in [5, 5.41) is 0.437. The summed E-state index contributed by atoms with van der Waals surface area (Å²) in [6.45, 7) is 9.59. The zero-order valence-corrected chi connectivity index (χ0v) is 13.0. The molecule has 0 aliphatic carbocycles. The Balaban J connectivity index is 1.90. The maximum absolute atomic E-state index is 6.23. The molecule has 0 amide bonds. The van der Waals surface area contributed by atoms with E-state index in [1.165, 1.54) is 0 Å². The van der Waals surface area contributed by atoms with Crippen LogP contribution in [0.4, 0.5) is 0 Å². The third kappa shape index (κ3) is 2.27. The van der Waals surface area contributed by atoms with Gasteiger partial charge in [-0.3, -0.25) is 0 Å². The molecule has 2 aliphatic rings. The van der Waals surface area contributed by atoms with Crippen LogP contribution in [0.15, 0.2) is 12.3 Å². The van der Waals surface area contributed by atoms with E-state index in [9.17, 15) is 0 Å². The second-order valence-electron chi connectivity index (χ2n) is 6.47. The smallest absolute Gasteiger partial charge is 0.399 e. The molecular weight excluding hydrogens is 276 g/mol. The van der Waals surface area contributed by atoms with E-state index in [1.807, 2.05) is 40.0 Å². The molecule has 0 unspecified atom stereocenters. The summed E-state index contributed by atoms with van der Waals surface area (Å²) < 4.78 is 17.3. The van der Waals surface area contributed by atoms with Crippen LogP contribution in [-0.2, 0) is 14.0 Å². The minimum atomic E-state index is -0.471. The topological polar surface area (TPSA) is 40.6 Å². The zero-order valence-electron chi connectivity index (χ0n) is 12.3. The summed E-state index contributed by atoms with van der Waals surface area (Å²) in [6, 6.07) is 2.03. The molecule has 0 N–H and O–H groups in total. The van der Waals surface area contributed by atoms with Gasteiger partial charge in [0.25, 0.3) is 0 Å². The Hall–Kier alpha value is -0.615. The minimum absolute atomic E-state index is 0.378.